The fourth-order valence-electron chi connectivity index (χ4n) is 4.35. The van der Waals surface area contributed by atoms with Gasteiger partial charge in [0.25, 0.3) is 0 Å². The quantitative estimate of drug-likeness (QED) is 0.631. The van der Waals surface area contributed by atoms with Gasteiger partial charge in [-0.2, -0.15) is 4.31 Å². The maximum atomic E-state index is 12.9. The Morgan fingerprint density at radius 1 is 0.914 bits per heavy atom. The Morgan fingerprint density at radius 2 is 1.60 bits per heavy atom. The van der Waals surface area contributed by atoms with Gasteiger partial charge in [-0.25, -0.2) is 8.42 Å². The van der Waals surface area contributed by atoms with Crippen LogP contribution in [0.25, 0.3) is 0 Å². The zero-order valence-corrected chi connectivity index (χ0v) is 20.6. The van der Waals surface area contributed by atoms with Gasteiger partial charge in [0.2, 0.25) is 27.7 Å². The molecule has 0 unspecified atom stereocenters. The van der Waals surface area contributed by atoms with E-state index in [9.17, 15) is 22.8 Å². The first-order chi connectivity index (χ1) is 16.8. The van der Waals surface area contributed by atoms with Crippen LogP contribution in [0, 0.1) is 6.92 Å². The number of rotatable bonds is 7. The molecule has 2 aromatic carbocycles. The van der Waals surface area contributed by atoms with Crippen LogP contribution in [0.3, 0.4) is 0 Å². The molecule has 0 saturated carbocycles. The lowest BCUT2D eigenvalue weighted by atomic mass is 10.2. The van der Waals surface area contributed by atoms with Gasteiger partial charge >= 0.3 is 0 Å². The summed E-state index contributed by atoms with van der Waals surface area (Å²) in [6.45, 7) is 3.51. The predicted molar refractivity (Wildman–Crippen MR) is 132 cm³/mol. The van der Waals surface area contributed by atoms with E-state index in [-0.39, 0.29) is 61.6 Å². The predicted octanol–water partition coefficient (Wildman–Crippen LogP) is 2.37. The molecule has 2 saturated heterocycles. The minimum absolute atomic E-state index is 0.00297. The molecule has 0 atom stereocenters. The number of carbonyl (C=O) groups is 3. The lowest BCUT2D eigenvalue weighted by Gasteiger charge is -2.34. The lowest BCUT2D eigenvalue weighted by Crippen LogP contribution is -2.50. The summed E-state index contributed by atoms with van der Waals surface area (Å²) in [5.74, 6) is -0.459. The number of nitrogens with zero attached hydrogens (tertiary/aromatic N) is 3. The minimum atomic E-state index is -3.60. The smallest absolute Gasteiger partial charge is 0.243 e. The highest BCUT2D eigenvalue weighted by Gasteiger charge is 2.30. The number of aryl methyl sites for hydroxylation is 1. The molecule has 2 heterocycles. The first-order valence-corrected chi connectivity index (χ1v) is 13.2. The van der Waals surface area contributed by atoms with Crippen molar-refractivity contribution in [2.45, 2.75) is 37.5 Å². The molecule has 2 aromatic rings. The SMILES string of the molecule is Cc1ccc(S(=O)(=O)N2CCN(C(=O)CCC(=O)Nc3ccccc3N3CCCC3=O)CC2)cc1. The van der Waals surface area contributed by atoms with Crippen molar-refractivity contribution in [1.29, 1.82) is 0 Å². The van der Waals surface area contributed by atoms with E-state index in [2.05, 4.69) is 5.32 Å². The van der Waals surface area contributed by atoms with Crippen LogP contribution in [0.5, 0.6) is 0 Å². The van der Waals surface area contributed by atoms with Crippen molar-refractivity contribution in [3.8, 4) is 0 Å². The van der Waals surface area contributed by atoms with Crippen molar-refractivity contribution >= 4 is 39.1 Å². The van der Waals surface area contributed by atoms with Crippen LogP contribution in [-0.4, -0.2) is 68.1 Å². The number of benzene rings is 2. The molecule has 4 rings (SSSR count). The molecule has 35 heavy (non-hydrogen) atoms. The second kappa shape index (κ2) is 10.6. The van der Waals surface area contributed by atoms with Crippen molar-refractivity contribution in [2.75, 3.05) is 42.9 Å². The number of anilines is 2. The van der Waals surface area contributed by atoms with Crippen LogP contribution in [0.4, 0.5) is 11.4 Å². The van der Waals surface area contributed by atoms with E-state index >= 15 is 0 Å². The number of hydrogen-bond donors (Lipinski definition) is 1. The van der Waals surface area contributed by atoms with Crippen molar-refractivity contribution in [2.24, 2.45) is 0 Å². The van der Waals surface area contributed by atoms with E-state index in [1.165, 1.54) is 4.31 Å². The third-order valence-electron chi connectivity index (χ3n) is 6.36. The molecule has 0 aliphatic carbocycles. The van der Waals surface area contributed by atoms with Crippen LogP contribution < -0.4 is 10.2 Å². The molecule has 2 fully saturated rings. The molecular weight excluding hydrogens is 468 g/mol. The highest BCUT2D eigenvalue weighted by atomic mass is 32.2. The van der Waals surface area contributed by atoms with Crippen LogP contribution in [-0.2, 0) is 24.4 Å². The fourth-order valence-corrected chi connectivity index (χ4v) is 5.77. The van der Waals surface area contributed by atoms with E-state index < -0.39 is 10.0 Å². The molecule has 9 nitrogen and oxygen atoms in total. The second-order valence-electron chi connectivity index (χ2n) is 8.81. The number of hydrogen-bond acceptors (Lipinski definition) is 5. The summed E-state index contributed by atoms with van der Waals surface area (Å²) in [5, 5.41) is 2.82. The van der Waals surface area contributed by atoms with Gasteiger partial charge in [0, 0.05) is 52.0 Å². The van der Waals surface area contributed by atoms with Crippen molar-refractivity contribution < 1.29 is 22.8 Å². The second-order valence-corrected chi connectivity index (χ2v) is 10.8. The topological polar surface area (TPSA) is 107 Å². The number of sulfonamides is 1. The van der Waals surface area contributed by atoms with Gasteiger partial charge in [0.1, 0.15) is 0 Å². The van der Waals surface area contributed by atoms with E-state index in [1.54, 1.807) is 52.3 Å². The van der Waals surface area contributed by atoms with Crippen LogP contribution >= 0.6 is 0 Å². The zero-order chi connectivity index (χ0) is 25.0. The molecule has 2 aliphatic heterocycles. The monoisotopic (exact) mass is 498 g/mol. The average molecular weight is 499 g/mol. The van der Waals surface area contributed by atoms with E-state index in [0.717, 1.165) is 12.0 Å². The Morgan fingerprint density at radius 3 is 2.26 bits per heavy atom. The molecule has 0 aromatic heterocycles. The van der Waals surface area contributed by atoms with Gasteiger partial charge in [-0.3, -0.25) is 14.4 Å². The number of carbonyl (C=O) groups excluding carboxylic acids is 3. The van der Waals surface area contributed by atoms with Crippen molar-refractivity contribution in [1.82, 2.24) is 9.21 Å². The van der Waals surface area contributed by atoms with Gasteiger partial charge < -0.3 is 15.1 Å². The molecule has 0 radical (unpaired) electrons. The van der Waals surface area contributed by atoms with Gasteiger partial charge in [-0.1, -0.05) is 29.8 Å². The third-order valence-corrected chi connectivity index (χ3v) is 8.27. The summed E-state index contributed by atoms with van der Waals surface area (Å²) in [5.41, 5.74) is 2.20. The Labute approximate surface area is 205 Å². The first-order valence-electron chi connectivity index (χ1n) is 11.8. The van der Waals surface area contributed by atoms with Crippen molar-refractivity contribution in [3.05, 3.63) is 54.1 Å². The summed E-state index contributed by atoms with van der Waals surface area (Å²) >= 11 is 0. The van der Waals surface area contributed by atoms with Crippen LogP contribution in [0.2, 0.25) is 0 Å². The Hall–Kier alpha value is -3.24. The maximum Gasteiger partial charge on any atom is 0.243 e. The zero-order valence-electron chi connectivity index (χ0n) is 19.8. The largest absolute Gasteiger partial charge is 0.340 e. The van der Waals surface area contributed by atoms with Gasteiger partial charge in [0.15, 0.2) is 0 Å². The third kappa shape index (κ3) is 5.71. The Balaban J connectivity index is 1.27. The summed E-state index contributed by atoms with van der Waals surface area (Å²) in [4.78, 5) is 40.8. The van der Waals surface area contributed by atoms with Gasteiger partial charge in [-0.15, -0.1) is 0 Å². The summed E-state index contributed by atoms with van der Waals surface area (Å²) in [6, 6.07) is 13.9. The molecule has 186 valence electrons. The summed E-state index contributed by atoms with van der Waals surface area (Å²) in [7, 11) is -3.60. The summed E-state index contributed by atoms with van der Waals surface area (Å²) < 4.78 is 27.1. The average Bonchev–Trinajstić information content (AvgIpc) is 3.29. The van der Waals surface area contributed by atoms with E-state index in [0.29, 0.717) is 24.3 Å². The van der Waals surface area contributed by atoms with E-state index in [4.69, 9.17) is 0 Å². The van der Waals surface area contributed by atoms with E-state index in [1.807, 2.05) is 13.0 Å². The molecule has 0 spiro atoms. The highest BCUT2D eigenvalue weighted by Crippen LogP contribution is 2.29. The molecular formula is C25H30N4O5S. The Bertz CT molecular complexity index is 1200. The summed E-state index contributed by atoms with van der Waals surface area (Å²) in [6.07, 6.45) is 1.32. The van der Waals surface area contributed by atoms with Gasteiger partial charge in [0.05, 0.1) is 16.3 Å². The standard InChI is InChI=1S/C25H30N4O5S/c1-19-8-10-20(11-9-19)35(33,34)28-17-15-27(16-18-28)24(31)13-12-23(30)26-21-5-2-3-6-22(21)29-14-4-7-25(29)32/h2-3,5-6,8-11H,4,7,12-18H2,1H3,(H,26,30). The van der Waals surface area contributed by atoms with Crippen LogP contribution in [0.15, 0.2) is 53.4 Å². The number of amides is 3. The lowest BCUT2D eigenvalue weighted by molar-refractivity contribution is -0.133. The molecule has 1 N–H and O–H groups in total. The number of nitrogens with one attached hydrogen (secondary N) is 1. The maximum absolute atomic E-state index is 12.9. The van der Waals surface area contributed by atoms with Crippen molar-refractivity contribution in [3.63, 3.8) is 0 Å². The minimum Gasteiger partial charge on any atom is -0.340 e. The van der Waals surface area contributed by atoms with Crippen LogP contribution in [0.1, 0.15) is 31.2 Å². The number of para-hydroxylation sites is 2. The highest BCUT2D eigenvalue weighted by molar-refractivity contribution is 7.89. The molecule has 2 aliphatic rings. The first kappa shape index (κ1) is 24.9. The molecule has 10 heteroatoms. The fraction of sp³-hybridized carbons (Fsp3) is 0.400. The van der Waals surface area contributed by atoms with Gasteiger partial charge in [-0.05, 0) is 37.6 Å². The number of piperazine rings is 1. The molecule has 0 bridgehead atoms. The molecule has 3 amide bonds. The Kier molecular flexibility index (Phi) is 7.51. The normalized spacial score (nSPS) is 17.0.